The predicted molar refractivity (Wildman–Crippen MR) is 115 cm³/mol. The third kappa shape index (κ3) is 4.94. The summed E-state index contributed by atoms with van der Waals surface area (Å²) in [6.07, 6.45) is 6.12. The second-order valence-electron chi connectivity index (χ2n) is 7.50. The van der Waals surface area contributed by atoms with Gasteiger partial charge in [0, 0.05) is 11.4 Å². The molecule has 1 aromatic carbocycles. The van der Waals surface area contributed by atoms with Crippen LogP contribution in [0.15, 0.2) is 29.3 Å². The maximum Gasteiger partial charge on any atom is 0.237 e. The summed E-state index contributed by atoms with van der Waals surface area (Å²) in [6, 6.07) is 10.3. The van der Waals surface area contributed by atoms with E-state index in [0.717, 1.165) is 48.2 Å². The van der Waals surface area contributed by atoms with Gasteiger partial charge < -0.3 is 5.32 Å². The van der Waals surface area contributed by atoms with Crippen LogP contribution in [-0.2, 0) is 17.6 Å². The molecule has 0 spiro atoms. The highest BCUT2D eigenvalue weighted by molar-refractivity contribution is 8.00. The summed E-state index contributed by atoms with van der Waals surface area (Å²) in [5, 5.41) is 13.0. The molecule has 0 saturated heterocycles. The standard InChI is InChI=1S/C23H27N3OS/c1-4-21(22(27)25-19-11-15(2)10-16(3)12-19)28-23-18(14-24)13-17-8-6-5-7-9-20(17)26-23/h10-13,21H,4-9H2,1-3H3,(H,25,27). The number of hydrogen-bond acceptors (Lipinski definition) is 4. The van der Waals surface area contributed by atoms with Crippen molar-refractivity contribution in [2.24, 2.45) is 0 Å². The van der Waals surface area contributed by atoms with E-state index in [0.29, 0.717) is 17.0 Å². The average Bonchev–Trinajstić information content (AvgIpc) is 2.89. The summed E-state index contributed by atoms with van der Waals surface area (Å²) in [5.74, 6) is -0.0434. The monoisotopic (exact) mass is 393 g/mol. The smallest absolute Gasteiger partial charge is 0.237 e. The zero-order chi connectivity index (χ0) is 20.1. The van der Waals surface area contributed by atoms with Gasteiger partial charge in [-0.15, -0.1) is 0 Å². The number of aromatic nitrogens is 1. The number of carbonyl (C=O) groups excluding carboxylic acids is 1. The molecule has 2 aromatic rings. The minimum atomic E-state index is -0.288. The molecule has 5 heteroatoms. The van der Waals surface area contributed by atoms with E-state index in [1.807, 2.05) is 39.0 Å². The molecule has 0 fully saturated rings. The molecule has 0 radical (unpaired) electrons. The fourth-order valence-electron chi connectivity index (χ4n) is 3.69. The van der Waals surface area contributed by atoms with Gasteiger partial charge in [0.05, 0.1) is 10.8 Å². The lowest BCUT2D eigenvalue weighted by atomic mass is 10.1. The second-order valence-corrected chi connectivity index (χ2v) is 8.69. The molecule has 1 unspecified atom stereocenters. The third-order valence-electron chi connectivity index (χ3n) is 5.04. The molecule has 28 heavy (non-hydrogen) atoms. The summed E-state index contributed by atoms with van der Waals surface area (Å²) in [4.78, 5) is 17.7. The normalized spacial score (nSPS) is 14.5. The second kappa shape index (κ2) is 9.25. The number of hydrogen-bond donors (Lipinski definition) is 1. The molecule has 1 aliphatic carbocycles. The molecule has 1 amide bonds. The van der Waals surface area contributed by atoms with Gasteiger partial charge in [-0.1, -0.05) is 31.2 Å². The van der Waals surface area contributed by atoms with E-state index in [1.54, 1.807) is 0 Å². The number of benzene rings is 1. The summed E-state index contributed by atoms with van der Waals surface area (Å²) < 4.78 is 0. The Morgan fingerprint density at radius 1 is 1.18 bits per heavy atom. The number of fused-ring (bicyclic) bond motifs is 1. The first kappa shape index (κ1) is 20.4. The topological polar surface area (TPSA) is 65.8 Å². The zero-order valence-electron chi connectivity index (χ0n) is 16.8. The number of nitrogens with zero attached hydrogens (tertiary/aromatic N) is 2. The third-order valence-corrected chi connectivity index (χ3v) is 6.41. The highest BCUT2D eigenvalue weighted by Crippen LogP contribution is 2.31. The van der Waals surface area contributed by atoms with Crippen LogP contribution >= 0.6 is 11.8 Å². The van der Waals surface area contributed by atoms with Crippen LogP contribution in [0.5, 0.6) is 0 Å². The number of rotatable bonds is 5. The molecule has 1 atom stereocenters. The number of amides is 1. The molecule has 4 nitrogen and oxygen atoms in total. The van der Waals surface area contributed by atoms with Crippen molar-refractivity contribution in [2.45, 2.75) is 69.6 Å². The number of nitrogens with one attached hydrogen (secondary N) is 1. The van der Waals surface area contributed by atoms with Crippen LogP contribution in [0.3, 0.4) is 0 Å². The molecule has 3 rings (SSSR count). The quantitative estimate of drug-likeness (QED) is 0.549. The van der Waals surface area contributed by atoms with E-state index >= 15 is 0 Å². The van der Waals surface area contributed by atoms with E-state index in [2.05, 4.69) is 17.5 Å². The van der Waals surface area contributed by atoms with Crippen LogP contribution < -0.4 is 5.32 Å². The Balaban J connectivity index is 1.81. The first-order chi connectivity index (χ1) is 13.5. The summed E-state index contributed by atoms with van der Waals surface area (Å²) in [7, 11) is 0. The highest BCUT2D eigenvalue weighted by Gasteiger charge is 2.22. The summed E-state index contributed by atoms with van der Waals surface area (Å²) in [5.41, 5.74) is 5.94. The van der Waals surface area contributed by atoms with Crippen molar-refractivity contribution in [1.82, 2.24) is 4.98 Å². The molecule has 1 aromatic heterocycles. The molecule has 1 N–H and O–H groups in total. The van der Waals surface area contributed by atoms with Gasteiger partial charge in [0.15, 0.2) is 0 Å². The van der Waals surface area contributed by atoms with Crippen molar-refractivity contribution in [3.63, 3.8) is 0 Å². The molecule has 0 bridgehead atoms. The Morgan fingerprint density at radius 2 is 1.89 bits per heavy atom. The summed E-state index contributed by atoms with van der Waals surface area (Å²) >= 11 is 1.41. The Bertz CT molecular complexity index is 897. The van der Waals surface area contributed by atoms with Crippen LogP contribution in [0.4, 0.5) is 5.69 Å². The lowest BCUT2D eigenvalue weighted by molar-refractivity contribution is -0.115. The van der Waals surface area contributed by atoms with Crippen molar-refractivity contribution in [2.75, 3.05) is 5.32 Å². The average molecular weight is 394 g/mol. The lowest BCUT2D eigenvalue weighted by Crippen LogP contribution is -2.25. The van der Waals surface area contributed by atoms with Crippen molar-refractivity contribution in [1.29, 1.82) is 5.26 Å². The number of pyridine rings is 1. The van der Waals surface area contributed by atoms with E-state index in [-0.39, 0.29) is 11.2 Å². The van der Waals surface area contributed by atoms with E-state index in [4.69, 9.17) is 4.98 Å². The lowest BCUT2D eigenvalue weighted by Gasteiger charge is -2.17. The van der Waals surface area contributed by atoms with Crippen LogP contribution in [0.2, 0.25) is 0 Å². The SMILES string of the molecule is CCC(Sc1nc2c(cc1C#N)CCCCC2)C(=O)Nc1cc(C)cc(C)c1. The largest absolute Gasteiger partial charge is 0.325 e. The van der Waals surface area contributed by atoms with Gasteiger partial charge in [-0.3, -0.25) is 4.79 Å². The fourth-order valence-corrected chi connectivity index (χ4v) is 4.68. The van der Waals surface area contributed by atoms with Gasteiger partial charge in [0.25, 0.3) is 0 Å². The predicted octanol–water partition coefficient (Wildman–Crippen LogP) is 5.35. The molecule has 0 aliphatic heterocycles. The highest BCUT2D eigenvalue weighted by atomic mass is 32.2. The summed E-state index contributed by atoms with van der Waals surface area (Å²) in [6.45, 7) is 6.04. The van der Waals surface area contributed by atoms with Crippen molar-refractivity contribution >= 4 is 23.4 Å². The van der Waals surface area contributed by atoms with Crippen molar-refractivity contribution in [3.8, 4) is 6.07 Å². The van der Waals surface area contributed by atoms with Gasteiger partial charge in [0.2, 0.25) is 5.91 Å². The van der Waals surface area contributed by atoms with Gasteiger partial charge in [-0.2, -0.15) is 5.26 Å². The maximum atomic E-state index is 12.9. The van der Waals surface area contributed by atoms with Crippen molar-refractivity contribution < 1.29 is 4.79 Å². The number of anilines is 1. The molecular formula is C23H27N3OS. The number of aryl methyl sites for hydroxylation is 4. The molecule has 0 saturated carbocycles. The first-order valence-electron chi connectivity index (χ1n) is 9.99. The Labute approximate surface area is 171 Å². The Morgan fingerprint density at radius 3 is 2.57 bits per heavy atom. The van der Waals surface area contributed by atoms with Crippen LogP contribution in [-0.4, -0.2) is 16.1 Å². The molecule has 1 heterocycles. The number of nitriles is 1. The molecule has 146 valence electrons. The number of thioether (sulfide) groups is 1. The van der Waals surface area contributed by atoms with Crippen LogP contribution in [0.25, 0.3) is 0 Å². The Kier molecular flexibility index (Phi) is 6.74. The van der Waals surface area contributed by atoms with E-state index in [1.165, 1.54) is 23.7 Å². The minimum absolute atomic E-state index is 0.0434. The molecule has 1 aliphatic rings. The van der Waals surface area contributed by atoms with Gasteiger partial charge in [-0.05, 0) is 80.8 Å². The van der Waals surface area contributed by atoms with Crippen LogP contribution in [0.1, 0.15) is 60.6 Å². The Hall–Kier alpha value is -2.32. The van der Waals surface area contributed by atoms with Crippen molar-refractivity contribution in [3.05, 3.63) is 52.2 Å². The first-order valence-corrected chi connectivity index (χ1v) is 10.9. The van der Waals surface area contributed by atoms with Gasteiger partial charge >= 0.3 is 0 Å². The minimum Gasteiger partial charge on any atom is -0.325 e. The zero-order valence-corrected chi connectivity index (χ0v) is 17.7. The van der Waals surface area contributed by atoms with E-state index in [9.17, 15) is 10.1 Å². The van der Waals surface area contributed by atoms with Crippen LogP contribution in [0, 0.1) is 25.2 Å². The fraction of sp³-hybridized carbons (Fsp3) is 0.435. The number of carbonyl (C=O) groups is 1. The van der Waals surface area contributed by atoms with Gasteiger partial charge in [-0.25, -0.2) is 4.98 Å². The molecular weight excluding hydrogens is 366 g/mol. The maximum absolute atomic E-state index is 12.9. The van der Waals surface area contributed by atoms with E-state index < -0.39 is 0 Å². The van der Waals surface area contributed by atoms with Gasteiger partial charge in [0.1, 0.15) is 11.1 Å².